The van der Waals surface area contributed by atoms with Crippen LogP contribution in [0.15, 0.2) is 36.4 Å². The Hall–Kier alpha value is -2.94. The van der Waals surface area contributed by atoms with Crippen LogP contribution in [0.2, 0.25) is 0 Å². The number of nitrogens with zero attached hydrogens (tertiary/aromatic N) is 1. The van der Waals surface area contributed by atoms with E-state index in [0.717, 1.165) is 29.6 Å². The van der Waals surface area contributed by atoms with Crippen LogP contribution < -0.4 is 23.8 Å². The Labute approximate surface area is 189 Å². The number of methoxy groups -OCH3 is 1. The van der Waals surface area contributed by atoms with Crippen molar-refractivity contribution < 1.29 is 27.4 Å². The minimum absolute atomic E-state index is 0.115. The van der Waals surface area contributed by atoms with E-state index in [1.165, 1.54) is 4.31 Å². The van der Waals surface area contributed by atoms with Crippen LogP contribution in [0.1, 0.15) is 43.4 Å². The summed E-state index contributed by atoms with van der Waals surface area (Å²) in [5.74, 6) is 1.78. The second kappa shape index (κ2) is 10.1. The van der Waals surface area contributed by atoms with Gasteiger partial charge in [0.2, 0.25) is 22.7 Å². The van der Waals surface area contributed by atoms with E-state index < -0.39 is 10.0 Å². The zero-order chi connectivity index (χ0) is 23.3. The lowest BCUT2D eigenvalue weighted by Gasteiger charge is -2.23. The third-order valence-electron chi connectivity index (χ3n) is 5.37. The molecule has 2 aromatic rings. The molecule has 3 rings (SSSR count). The first-order valence-corrected chi connectivity index (χ1v) is 12.4. The number of fused-ring (bicyclic) bond motifs is 1. The lowest BCUT2D eigenvalue weighted by atomic mass is 10.0. The van der Waals surface area contributed by atoms with E-state index >= 15 is 0 Å². The van der Waals surface area contributed by atoms with Crippen molar-refractivity contribution in [3.8, 4) is 17.2 Å². The first-order chi connectivity index (χ1) is 15.2. The molecule has 1 heterocycles. The van der Waals surface area contributed by atoms with Crippen molar-refractivity contribution in [2.24, 2.45) is 0 Å². The van der Waals surface area contributed by atoms with E-state index in [-0.39, 0.29) is 31.7 Å². The number of sulfonamides is 1. The Morgan fingerprint density at radius 2 is 1.94 bits per heavy atom. The van der Waals surface area contributed by atoms with E-state index in [4.69, 9.17) is 14.2 Å². The standard InChI is InChI=1S/C23H30N2O6S/c1-5-19(17-8-10-20(29-3)16(2)13-17)24-23(26)7-6-12-25(32(4,27)28)18-9-11-21-22(14-18)31-15-30-21/h8-11,13-14,19H,5-7,12,15H2,1-4H3,(H,24,26). The molecule has 174 valence electrons. The molecule has 0 spiro atoms. The number of amides is 1. The van der Waals surface area contributed by atoms with Gasteiger partial charge in [0.15, 0.2) is 11.5 Å². The van der Waals surface area contributed by atoms with E-state index in [2.05, 4.69) is 5.32 Å². The minimum atomic E-state index is -3.52. The summed E-state index contributed by atoms with van der Waals surface area (Å²) in [6.07, 6.45) is 2.48. The van der Waals surface area contributed by atoms with Gasteiger partial charge >= 0.3 is 0 Å². The van der Waals surface area contributed by atoms with Gasteiger partial charge in [-0.05, 0) is 49.1 Å². The Kier molecular flexibility index (Phi) is 7.50. The number of ether oxygens (including phenoxy) is 3. The van der Waals surface area contributed by atoms with Gasteiger partial charge in [-0.1, -0.05) is 19.1 Å². The Balaban J connectivity index is 1.60. The second-order valence-electron chi connectivity index (χ2n) is 7.73. The van der Waals surface area contributed by atoms with Crippen LogP contribution in [0.4, 0.5) is 5.69 Å². The number of carbonyl (C=O) groups is 1. The molecule has 1 aliphatic rings. The number of anilines is 1. The molecule has 1 N–H and O–H groups in total. The van der Waals surface area contributed by atoms with Gasteiger partial charge in [0.1, 0.15) is 5.75 Å². The minimum Gasteiger partial charge on any atom is -0.496 e. The quantitative estimate of drug-likeness (QED) is 0.580. The molecule has 0 bridgehead atoms. The summed E-state index contributed by atoms with van der Waals surface area (Å²) in [4.78, 5) is 12.6. The highest BCUT2D eigenvalue weighted by Crippen LogP contribution is 2.36. The molecule has 0 saturated heterocycles. The highest BCUT2D eigenvalue weighted by atomic mass is 32.2. The average molecular weight is 463 g/mol. The normalized spacial score (nSPS) is 13.5. The Morgan fingerprint density at radius 1 is 1.19 bits per heavy atom. The topological polar surface area (TPSA) is 94.2 Å². The fourth-order valence-corrected chi connectivity index (χ4v) is 4.67. The highest BCUT2D eigenvalue weighted by molar-refractivity contribution is 7.92. The molecule has 0 radical (unpaired) electrons. The van der Waals surface area contributed by atoms with Crippen molar-refractivity contribution in [3.63, 3.8) is 0 Å². The number of aryl methyl sites for hydroxylation is 1. The Morgan fingerprint density at radius 3 is 2.59 bits per heavy atom. The second-order valence-corrected chi connectivity index (χ2v) is 9.64. The van der Waals surface area contributed by atoms with E-state index in [1.54, 1.807) is 25.3 Å². The predicted octanol–water partition coefficient (Wildman–Crippen LogP) is 3.55. The largest absolute Gasteiger partial charge is 0.496 e. The summed E-state index contributed by atoms with van der Waals surface area (Å²) < 4.78 is 41.9. The summed E-state index contributed by atoms with van der Waals surface area (Å²) in [5.41, 5.74) is 2.50. The van der Waals surface area contributed by atoms with Gasteiger partial charge < -0.3 is 19.5 Å². The van der Waals surface area contributed by atoms with Gasteiger partial charge in [0.05, 0.1) is 25.1 Å². The Bertz CT molecular complexity index is 1070. The van der Waals surface area contributed by atoms with Crippen LogP contribution >= 0.6 is 0 Å². The van der Waals surface area contributed by atoms with Crippen LogP contribution in [0, 0.1) is 6.92 Å². The van der Waals surface area contributed by atoms with Crippen LogP contribution in [-0.4, -0.2) is 41.0 Å². The third kappa shape index (κ3) is 5.64. The molecule has 1 unspecified atom stereocenters. The summed E-state index contributed by atoms with van der Waals surface area (Å²) in [6, 6.07) is 10.7. The molecule has 8 nitrogen and oxygen atoms in total. The maximum absolute atomic E-state index is 12.6. The lowest BCUT2D eigenvalue weighted by Crippen LogP contribution is -2.33. The molecular weight excluding hydrogens is 432 g/mol. The molecule has 0 aliphatic carbocycles. The molecule has 32 heavy (non-hydrogen) atoms. The van der Waals surface area contributed by atoms with Gasteiger partial charge in [-0.3, -0.25) is 9.10 Å². The fraction of sp³-hybridized carbons (Fsp3) is 0.435. The van der Waals surface area contributed by atoms with Crippen LogP contribution in [0.25, 0.3) is 0 Å². The van der Waals surface area contributed by atoms with Crippen molar-refractivity contribution in [3.05, 3.63) is 47.5 Å². The predicted molar refractivity (Wildman–Crippen MR) is 123 cm³/mol. The number of rotatable bonds is 10. The number of nitrogens with one attached hydrogen (secondary N) is 1. The smallest absolute Gasteiger partial charge is 0.232 e. The maximum atomic E-state index is 12.6. The molecule has 1 atom stereocenters. The summed E-state index contributed by atoms with van der Waals surface area (Å²) in [6.45, 7) is 4.27. The first kappa shape index (κ1) is 23.7. The molecule has 0 aromatic heterocycles. The van der Waals surface area contributed by atoms with Crippen LogP contribution in [0.3, 0.4) is 0 Å². The third-order valence-corrected chi connectivity index (χ3v) is 6.57. The van der Waals surface area contributed by atoms with Crippen LogP contribution in [-0.2, 0) is 14.8 Å². The molecule has 1 amide bonds. The monoisotopic (exact) mass is 462 g/mol. The SMILES string of the molecule is CCC(NC(=O)CCCN(c1ccc2c(c1)OCO2)S(C)(=O)=O)c1ccc(OC)c(C)c1. The summed E-state index contributed by atoms with van der Waals surface area (Å²) in [5, 5.41) is 3.05. The molecule has 2 aromatic carbocycles. The molecule has 0 saturated carbocycles. The molecule has 1 aliphatic heterocycles. The van der Waals surface area contributed by atoms with E-state index in [9.17, 15) is 13.2 Å². The molecule has 0 fully saturated rings. The first-order valence-electron chi connectivity index (χ1n) is 10.5. The fourth-order valence-electron chi connectivity index (χ4n) is 3.72. The number of benzene rings is 2. The number of hydrogen-bond donors (Lipinski definition) is 1. The molecule has 9 heteroatoms. The molecular formula is C23H30N2O6S. The lowest BCUT2D eigenvalue weighted by molar-refractivity contribution is -0.121. The zero-order valence-electron chi connectivity index (χ0n) is 18.9. The van der Waals surface area contributed by atoms with Crippen LogP contribution in [0.5, 0.6) is 17.2 Å². The van der Waals surface area contributed by atoms with Gasteiger partial charge in [0.25, 0.3) is 0 Å². The van der Waals surface area contributed by atoms with Gasteiger partial charge in [-0.15, -0.1) is 0 Å². The summed E-state index contributed by atoms with van der Waals surface area (Å²) >= 11 is 0. The number of hydrogen-bond acceptors (Lipinski definition) is 6. The van der Waals surface area contributed by atoms with Gasteiger partial charge in [-0.25, -0.2) is 8.42 Å². The maximum Gasteiger partial charge on any atom is 0.232 e. The van der Waals surface area contributed by atoms with Crippen molar-refractivity contribution in [2.75, 3.05) is 31.0 Å². The van der Waals surface area contributed by atoms with Gasteiger partial charge in [0, 0.05) is 19.0 Å². The highest BCUT2D eigenvalue weighted by Gasteiger charge is 2.22. The van der Waals surface area contributed by atoms with E-state index in [0.29, 0.717) is 23.6 Å². The summed E-state index contributed by atoms with van der Waals surface area (Å²) in [7, 11) is -1.89. The van der Waals surface area contributed by atoms with Crippen molar-refractivity contribution in [2.45, 2.75) is 39.2 Å². The van der Waals surface area contributed by atoms with Gasteiger partial charge in [-0.2, -0.15) is 0 Å². The van der Waals surface area contributed by atoms with Crippen molar-refractivity contribution >= 4 is 21.6 Å². The van der Waals surface area contributed by atoms with E-state index in [1.807, 2.05) is 32.0 Å². The number of carbonyl (C=O) groups excluding carboxylic acids is 1. The average Bonchev–Trinajstić information content (AvgIpc) is 3.22. The zero-order valence-corrected chi connectivity index (χ0v) is 19.7. The van der Waals surface area contributed by atoms with Crippen molar-refractivity contribution in [1.29, 1.82) is 0 Å². The van der Waals surface area contributed by atoms with Crippen molar-refractivity contribution in [1.82, 2.24) is 5.32 Å².